The summed E-state index contributed by atoms with van der Waals surface area (Å²) in [5.41, 5.74) is -0.434. The number of nitro groups is 1. The second-order valence-electron chi connectivity index (χ2n) is 5.50. The van der Waals surface area contributed by atoms with E-state index in [2.05, 4.69) is 10.2 Å². The van der Waals surface area contributed by atoms with E-state index in [9.17, 15) is 18.5 Å². The van der Waals surface area contributed by atoms with Crippen molar-refractivity contribution >= 4 is 15.7 Å². The molecule has 0 saturated carbocycles. The van der Waals surface area contributed by atoms with Crippen molar-refractivity contribution < 1.29 is 22.5 Å². The van der Waals surface area contributed by atoms with Gasteiger partial charge in [-0.1, -0.05) is 0 Å². The van der Waals surface area contributed by atoms with Crippen molar-refractivity contribution in [2.24, 2.45) is 0 Å². The highest BCUT2D eigenvalue weighted by Crippen LogP contribution is 2.32. The van der Waals surface area contributed by atoms with Gasteiger partial charge in [-0.2, -0.15) is 4.31 Å². The van der Waals surface area contributed by atoms with Crippen LogP contribution in [-0.4, -0.2) is 40.9 Å². The van der Waals surface area contributed by atoms with E-state index in [1.807, 2.05) is 0 Å². The van der Waals surface area contributed by atoms with E-state index in [0.29, 0.717) is 19.0 Å². The third-order valence-electron chi connectivity index (χ3n) is 3.75. The summed E-state index contributed by atoms with van der Waals surface area (Å²) in [5, 5.41) is 18.7. The average molecular weight is 368 g/mol. The summed E-state index contributed by atoms with van der Waals surface area (Å²) in [4.78, 5) is 10.5. The maximum absolute atomic E-state index is 12.5. The highest BCUT2D eigenvalue weighted by atomic mass is 32.2. The van der Waals surface area contributed by atoms with Gasteiger partial charge in [-0.25, -0.2) is 8.42 Å². The molecule has 2 heterocycles. The Morgan fingerprint density at radius 3 is 2.64 bits per heavy atom. The maximum Gasteiger partial charge on any atom is 0.312 e. The highest BCUT2D eigenvalue weighted by molar-refractivity contribution is 7.89. The van der Waals surface area contributed by atoms with Gasteiger partial charge in [-0.15, -0.1) is 10.2 Å². The smallest absolute Gasteiger partial charge is 0.312 e. The van der Waals surface area contributed by atoms with Gasteiger partial charge in [-0.3, -0.25) is 10.1 Å². The van der Waals surface area contributed by atoms with Crippen LogP contribution < -0.4 is 4.74 Å². The van der Waals surface area contributed by atoms with E-state index < -0.39 is 20.6 Å². The highest BCUT2D eigenvalue weighted by Gasteiger charge is 2.29. The molecule has 0 aliphatic carbocycles. The van der Waals surface area contributed by atoms with Crippen LogP contribution >= 0.6 is 0 Å². The van der Waals surface area contributed by atoms with Gasteiger partial charge in [0, 0.05) is 26.1 Å². The second-order valence-corrected chi connectivity index (χ2v) is 7.44. The number of aromatic nitrogens is 2. The number of benzene rings is 1. The Kier molecular flexibility index (Phi) is 4.68. The minimum Gasteiger partial charge on any atom is -0.477 e. The lowest BCUT2D eigenvalue weighted by Crippen LogP contribution is -2.27. The summed E-state index contributed by atoms with van der Waals surface area (Å²) in [6.07, 6.45) is 1.57. The monoisotopic (exact) mass is 368 g/mol. The van der Waals surface area contributed by atoms with Gasteiger partial charge in [-0.05, 0) is 25.0 Å². The molecule has 134 valence electrons. The molecule has 1 aliphatic heterocycles. The first kappa shape index (κ1) is 17.3. The number of nitrogens with zero attached hydrogens (tertiary/aromatic N) is 4. The lowest BCUT2D eigenvalue weighted by atomic mass is 10.3. The molecule has 1 saturated heterocycles. The van der Waals surface area contributed by atoms with Crippen molar-refractivity contribution in [3.8, 4) is 5.75 Å². The summed E-state index contributed by atoms with van der Waals surface area (Å²) in [7, 11) is -3.74. The normalized spacial score (nSPS) is 15.4. The third kappa shape index (κ3) is 3.61. The van der Waals surface area contributed by atoms with E-state index in [-0.39, 0.29) is 23.1 Å². The average Bonchev–Trinajstić information content (AvgIpc) is 3.24. The molecule has 11 heteroatoms. The maximum atomic E-state index is 12.5. The molecule has 0 radical (unpaired) electrons. The standard InChI is InChI=1S/C14H16N4O6S/c1-10-15-16-14(24-10)9-23-13-5-4-11(8-12(13)18(19)20)25(21,22)17-6-2-3-7-17/h4-5,8H,2-3,6-7,9H2,1H3. The fourth-order valence-corrected chi connectivity index (χ4v) is 4.07. The van der Waals surface area contributed by atoms with E-state index in [1.165, 1.54) is 16.4 Å². The first-order valence-electron chi connectivity index (χ1n) is 7.58. The Bertz CT molecular complexity index is 888. The molecule has 0 amide bonds. The molecule has 0 atom stereocenters. The first-order chi connectivity index (χ1) is 11.9. The summed E-state index contributed by atoms with van der Waals surface area (Å²) < 4.78 is 36.9. The zero-order valence-corrected chi connectivity index (χ0v) is 14.2. The molecule has 1 fully saturated rings. The molecule has 2 aromatic rings. The van der Waals surface area contributed by atoms with Crippen molar-refractivity contribution in [2.45, 2.75) is 31.3 Å². The molecule has 1 aliphatic rings. The number of rotatable bonds is 6. The summed E-state index contributed by atoms with van der Waals surface area (Å²) in [6.45, 7) is 2.30. The Labute approximate surface area is 143 Å². The van der Waals surface area contributed by atoms with Crippen LogP contribution in [0.1, 0.15) is 24.6 Å². The van der Waals surface area contributed by atoms with Gasteiger partial charge >= 0.3 is 5.69 Å². The molecule has 0 bridgehead atoms. The fourth-order valence-electron chi connectivity index (χ4n) is 2.54. The Hall–Kier alpha value is -2.53. The van der Waals surface area contributed by atoms with Gasteiger partial charge in [0.05, 0.1) is 9.82 Å². The number of hydrogen-bond donors (Lipinski definition) is 0. The van der Waals surface area contributed by atoms with Crippen molar-refractivity contribution in [1.29, 1.82) is 0 Å². The molecule has 1 aromatic carbocycles. The van der Waals surface area contributed by atoms with Crippen molar-refractivity contribution in [1.82, 2.24) is 14.5 Å². The van der Waals surface area contributed by atoms with Crippen LogP contribution in [0.15, 0.2) is 27.5 Å². The molecule has 1 aromatic heterocycles. The van der Waals surface area contributed by atoms with Crippen molar-refractivity contribution in [3.05, 3.63) is 40.1 Å². The van der Waals surface area contributed by atoms with E-state index in [1.54, 1.807) is 6.92 Å². The minimum atomic E-state index is -3.74. The zero-order chi connectivity index (χ0) is 18.0. The predicted octanol–water partition coefficient (Wildman–Crippen LogP) is 1.65. The van der Waals surface area contributed by atoms with Crippen LogP contribution in [-0.2, 0) is 16.6 Å². The number of aryl methyl sites for hydroxylation is 1. The SMILES string of the molecule is Cc1nnc(COc2ccc(S(=O)(=O)N3CCCC3)cc2[N+](=O)[O-])o1. The molecule has 0 unspecified atom stereocenters. The van der Waals surface area contributed by atoms with Crippen LogP contribution in [0.25, 0.3) is 0 Å². The summed E-state index contributed by atoms with van der Waals surface area (Å²) >= 11 is 0. The van der Waals surface area contributed by atoms with Crippen LogP contribution in [0.2, 0.25) is 0 Å². The fraction of sp³-hybridized carbons (Fsp3) is 0.429. The second kappa shape index (κ2) is 6.76. The van der Waals surface area contributed by atoms with Gasteiger partial charge in [0.25, 0.3) is 5.89 Å². The first-order valence-corrected chi connectivity index (χ1v) is 9.02. The lowest BCUT2D eigenvalue weighted by molar-refractivity contribution is -0.386. The predicted molar refractivity (Wildman–Crippen MR) is 84.5 cm³/mol. The number of hydrogen-bond acceptors (Lipinski definition) is 8. The van der Waals surface area contributed by atoms with E-state index in [0.717, 1.165) is 18.9 Å². The van der Waals surface area contributed by atoms with Gasteiger partial charge in [0.1, 0.15) is 0 Å². The van der Waals surface area contributed by atoms with Crippen molar-refractivity contribution in [3.63, 3.8) is 0 Å². The quantitative estimate of drug-likeness (QED) is 0.556. The largest absolute Gasteiger partial charge is 0.477 e. The molecular formula is C14H16N4O6S. The number of ether oxygens (including phenoxy) is 1. The van der Waals surface area contributed by atoms with E-state index >= 15 is 0 Å². The van der Waals surface area contributed by atoms with Gasteiger partial charge in [0.15, 0.2) is 12.4 Å². The Morgan fingerprint density at radius 1 is 1.32 bits per heavy atom. The van der Waals surface area contributed by atoms with Crippen LogP contribution in [0.4, 0.5) is 5.69 Å². The molecule has 25 heavy (non-hydrogen) atoms. The minimum absolute atomic E-state index is 0.0683. The van der Waals surface area contributed by atoms with Crippen LogP contribution in [0.5, 0.6) is 5.75 Å². The zero-order valence-electron chi connectivity index (χ0n) is 13.4. The molecular weight excluding hydrogens is 352 g/mol. The topological polar surface area (TPSA) is 129 Å². The lowest BCUT2D eigenvalue weighted by Gasteiger charge is -2.15. The van der Waals surface area contributed by atoms with Gasteiger partial charge in [0.2, 0.25) is 15.9 Å². The Morgan fingerprint density at radius 2 is 2.04 bits per heavy atom. The summed E-state index contributed by atoms with van der Waals surface area (Å²) in [5.74, 6) is 0.446. The van der Waals surface area contributed by atoms with Crippen LogP contribution in [0.3, 0.4) is 0 Å². The number of nitro benzene ring substituents is 1. The molecule has 0 N–H and O–H groups in total. The summed E-state index contributed by atoms with van der Waals surface area (Å²) in [6, 6.07) is 3.58. The molecule has 0 spiro atoms. The Balaban J connectivity index is 1.86. The number of sulfonamides is 1. The molecule has 10 nitrogen and oxygen atoms in total. The third-order valence-corrected chi connectivity index (χ3v) is 5.64. The van der Waals surface area contributed by atoms with Crippen molar-refractivity contribution in [2.75, 3.05) is 13.1 Å². The van der Waals surface area contributed by atoms with E-state index in [4.69, 9.17) is 9.15 Å². The van der Waals surface area contributed by atoms with Gasteiger partial charge < -0.3 is 9.15 Å². The molecule has 3 rings (SSSR count). The van der Waals surface area contributed by atoms with Crippen LogP contribution in [0, 0.1) is 17.0 Å².